The van der Waals surface area contributed by atoms with Gasteiger partial charge in [0.05, 0.1) is 23.1 Å². The summed E-state index contributed by atoms with van der Waals surface area (Å²) in [6.45, 7) is 5.71. The van der Waals surface area contributed by atoms with Crippen molar-refractivity contribution in [3.05, 3.63) is 29.3 Å². The maximum atomic E-state index is 14.6. The lowest BCUT2D eigenvalue weighted by molar-refractivity contribution is 0.00415. The molecule has 0 aromatic heterocycles. The lowest BCUT2D eigenvalue weighted by Gasteiger charge is -2.32. The number of amides is 2. The minimum absolute atomic E-state index is 0.0630. The van der Waals surface area contributed by atoms with Crippen LogP contribution >= 0.6 is 0 Å². The first-order valence-electron chi connectivity index (χ1n) is 11.3. The zero-order valence-electron chi connectivity index (χ0n) is 19.6. The van der Waals surface area contributed by atoms with Gasteiger partial charge in [0.15, 0.2) is 0 Å². The lowest BCUT2D eigenvalue weighted by atomic mass is 10.1. The van der Waals surface area contributed by atoms with E-state index in [-0.39, 0.29) is 29.6 Å². The molecule has 0 atom stereocenters. The van der Waals surface area contributed by atoms with Gasteiger partial charge in [0.2, 0.25) is 0 Å². The van der Waals surface area contributed by atoms with Gasteiger partial charge in [-0.15, -0.1) is 0 Å². The molecule has 0 saturated carbocycles. The van der Waals surface area contributed by atoms with Crippen molar-refractivity contribution in [1.29, 1.82) is 0 Å². The Bertz CT molecular complexity index is 889. The third-order valence-electron chi connectivity index (χ3n) is 5.72. The average Bonchev–Trinajstić information content (AvgIpc) is 2.78. The third-order valence-corrected chi connectivity index (χ3v) is 5.72. The fraction of sp³-hybridized carbons (Fsp3) is 0.609. The van der Waals surface area contributed by atoms with Gasteiger partial charge >= 0.3 is 6.09 Å². The van der Waals surface area contributed by atoms with Gasteiger partial charge in [-0.3, -0.25) is 4.79 Å². The number of hydrogen-bond donors (Lipinski definition) is 0. The molecule has 1 aromatic carbocycles. The van der Waals surface area contributed by atoms with E-state index in [4.69, 9.17) is 9.57 Å². The zero-order chi connectivity index (χ0) is 24.1. The number of anilines is 1. The molecule has 0 spiro atoms. The quantitative estimate of drug-likeness (QED) is 0.620. The summed E-state index contributed by atoms with van der Waals surface area (Å²) in [6, 6.07) is 2.05. The van der Waals surface area contributed by atoms with Crippen LogP contribution < -0.4 is 4.90 Å². The Labute approximate surface area is 193 Å². The molecule has 2 aliphatic heterocycles. The first kappa shape index (κ1) is 24.7. The minimum Gasteiger partial charge on any atom is -0.447 e. The van der Waals surface area contributed by atoms with Gasteiger partial charge in [0, 0.05) is 72.0 Å². The van der Waals surface area contributed by atoms with E-state index in [2.05, 4.69) is 5.16 Å². The van der Waals surface area contributed by atoms with Crippen LogP contribution in [0.25, 0.3) is 0 Å². The number of nitrogens with zero attached hydrogens (tertiary/aromatic N) is 4. The Kier molecular flexibility index (Phi) is 8.10. The number of hydrogen-bond acceptors (Lipinski definition) is 6. The molecule has 8 nitrogen and oxygen atoms in total. The van der Waals surface area contributed by atoms with Crippen LogP contribution in [-0.2, 0) is 9.57 Å². The van der Waals surface area contributed by atoms with E-state index in [9.17, 15) is 18.4 Å². The van der Waals surface area contributed by atoms with Crippen molar-refractivity contribution in [2.24, 2.45) is 5.16 Å². The summed E-state index contributed by atoms with van der Waals surface area (Å²) in [4.78, 5) is 34.3. The predicted octanol–water partition coefficient (Wildman–Crippen LogP) is 3.65. The maximum absolute atomic E-state index is 14.6. The first-order chi connectivity index (χ1) is 15.7. The molecule has 2 aliphatic rings. The number of oxime groups is 1. The van der Waals surface area contributed by atoms with Gasteiger partial charge in [-0.05, 0) is 19.9 Å². The Hall–Kier alpha value is -2.91. The summed E-state index contributed by atoms with van der Waals surface area (Å²) in [5.74, 6) is -1.94. The minimum atomic E-state index is -0.739. The molecule has 2 fully saturated rings. The maximum Gasteiger partial charge on any atom is 0.410 e. The molecule has 3 rings (SSSR count). The van der Waals surface area contributed by atoms with Gasteiger partial charge in [-0.25, -0.2) is 13.6 Å². The van der Waals surface area contributed by atoms with Gasteiger partial charge < -0.3 is 24.3 Å². The summed E-state index contributed by atoms with van der Waals surface area (Å²) >= 11 is 0. The molecular formula is C23H32F2N4O4. The van der Waals surface area contributed by atoms with Gasteiger partial charge in [0.1, 0.15) is 17.7 Å². The number of carbonyl (C=O) groups is 2. The summed E-state index contributed by atoms with van der Waals surface area (Å²) in [7, 11) is 2.98. The molecule has 0 radical (unpaired) electrons. The predicted molar refractivity (Wildman–Crippen MR) is 121 cm³/mol. The fourth-order valence-corrected chi connectivity index (χ4v) is 3.85. The number of likely N-dealkylation sites (tertiary alicyclic amines) is 1. The van der Waals surface area contributed by atoms with Crippen LogP contribution in [0.1, 0.15) is 49.9 Å². The Balaban J connectivity index is 1.50. The molecule has 182 valence electrons. The Morgan fingerprint density at radius 3 is 2.27 bits per heavy atom. The molecule has 1 aromatic rings. The number of halogens is 2. The number of ether oxygens (including phenoxy) is 1. The van der Waals surface area contributed by atoms with Crippen molar-refractivity contribution in [3.8, 4) is 0 Å². The van der Waals surface area contributed by atoms with Crippen molar-refractivity contribution >= 4 is 23.4 Å². The molecule has 0 bridgehead atoms. The van der Waals surface area contributed by atoms with E-state index in [1.54, 1.807) is 9.80 Å². The van der Waals surface area contributed by atoms with Crippen LogP contribution in [0, 0.1) is 11.6 Å². The highest BCUT2D eigenvalue weighted by Gasteiger charge is 2.26. The normalized spacial score (nSPS) is 17.2. The van der Waals surface area contributed by atoms with Crippen molar-refractivity contribution in [2.75, 3.05) is 45.2 Å². The fourth-order valence-electron chi connectivity index (χ4n) is 3.85. The van der Waals surface area contributed by atoms with Crippen LogP contribution in [0.4, 0.5) is 19.3 Å². The first-order valence-corrected chi connectivity index (χ1v) is 11.3. The van der Waals surface area contributed by atoms with Crippen LogP contribution in [-0.4, -0.2) is 80.0 Å². The molecule has 0 unspecified atom stereocenters. The summed E-state index contributed by atoms with van der Waals surface area (Å²) in [5, 5.41) is 4.29. The van der Waals surface area contributed by atoms with Crippen LogP contribution in [0.15, 0.2) is 17.3 Å². The van der Waals surface area contributed by atoms with E-state index >= 15 is 0 Å². The number of piperidine rings is 2. The van der Waals surface area contributed by atoms with Crippen LogP contribution in [0.3, 0.4) is 0 Å². The SMILES string of the molecule is CC(C)OC(=O)N1CCC(ON=C2CCN(c3cc(F)c(C(=O)N(C)C)cc3F)CC2)CC1. The second-order valence-corrected chi connectivity index (χ2v) is 8.85. The lowest BCUT2D eigenvalue weighted by Crippen LogP contribution is -2.41. The number of rotatable bonds is 5. The molecule has 2 heterocycles. The monoisotopic (exact) mass is 466 g/mol. The molecule has 2 amide bonds. The van der Waals surface area contributed by atoms with E-state index in [0.29, 0.717) is 51.9 Å². The molecular weight excluding hydrogens is 434 g/mol. The largest absolute Gasteiger partial charge is 0.447 e. The topological polar surface area (TPSA) is 74.7 Å². The second-order valence-electron chi connectivity index (χ2n) is 8.85. The van der Waals surface area contributed by atoms with Gasteiger partial charge in [0.25, 0.3) is 5.91 Å². The standard InChI is InChI=1S/C23H32F2N4O4/c1-15(2)32-23(31)29-11-7-17(8-12-29)33-26-16-5-9-28(10-6-16)21-14-19(24)18(13-20(21)25)22(30)27(3)4/h13-15,17H,5-12H2,1-4H3. The van der Waals surface area contributed by atoms with E-state index in [0.717, 1.165) is 17.8 Å². The van der Waals surface area contributed by atoms with Crippen LogP contribution in [0.5, 0.6) is 0 Å². The van der Waals surface area contributed by atoms with E-state index in [1.165, 1.54) is 19.0 Å². The third kappa shape index (κ3) is 6.33. The average molecular weight is 467 g/mol. The van der Waals surface area contributed by atoms with Crippen molar-refractivity contribution < 1.29 is 27.9 Å². The van der Waals surface area contributed by atoms with E-state index < -0.39 is 17.5 Å². The molecule has 2 saturated heterocycles. The highest BCUT2D eigenvalue weighted by Crippen LogP contribution is 2.26. The van der Waals surface area contributed by atoms with Crippen molar-refractivity contribution in [3.63, 3.8) is 0 Å². The van der Waals surface area contributed by atoms with Gasteiger partial charge in [-0.1, -0.05) is 5.16 Å². The van der Waals surface area contributed by atoms with Crippen molar-refractivity contribution in [1.82, 2.24) is 9.80 Å². The summed E-state index contributed by atoms with van der Waals surface area (Å²) in [5.41, 5.74) is 0.731. The second kappa shape index (κ2) is 10.8. The highest BCUT2D eigenvalue weighted by molar-refractivity contribution is 5.94. The zero-order valence-corrected chi connectivity index (χ0v) is 19.6. The Morgan fingerprint density at radius 1 is 1.06 bits per heavy atom. The number of carbonyl (C=O) groups excluding carboxylic acids is 2. The molecule has 10 heteroatoms. The molecule has 0 N–H and O–H groups in total. The highest BCUT2D eigenvalue weighted by atomic mass is 19.1. The molecule has 33 heavy (non-hydrogen) atoms. The van der Waals surface area contributed by atoms with Gasteiger partial charge in [-0.2, -0.15) is 0 Å². The van der Waals surface area contributed by atoms with Crippen molar-refractivity contribution in [2.45, 2.75) is 51.7 Å². The Morgan fingerprint density at radius 2 is 1.70 bits per heavy atom. The molecule has 0 aliphatic carbocycles. The van der Waals surface area contributed by atoms with E-state index in [1.807, 2.05) is 13.8 Å². The van der Waals surface area contributed by atoms with Crippen LogP contribution in [0.2, 0.25) is 0 Å². The number of benzene rings is 1. The smallest absolute Gasteiger partial charge is 0.410 e. The summed E-state index contributed by atoms with van der Waals surface area (Å²) in [6.07, 6.45) is 1.99. The summed E-state index contributed by atoms with van der Waals surface area (Å²) < 4.78 is 34.3.